The minimum absolute atomic E-state index is 0.00823. The summed E-state index contributed by atoms with van der Waals surface area (Å²) in [5.74, 6) is -1.25. The molecule has 1 unspecified atom stereocenters. The molecule has 1 aliphatic rings. The number of halogens is 7. The van der Waals surface area contributed by atoms with Crippen molar-refractivity contribution < 1.29 is 35.5 Å². The Hall–Kier alpha value is -2.88. The van der Waals surface area contributed by atoms with Gasteiger partial charge in [-0.1, -0.05) is 36.4 Å². The summed E-state index contributed by atoms with van der Waals surface area (Å²) in [5.41, 5.74) is -1.53. The summed E-state index contributed by atoms with van der Waals surface area (Å²) in [4.78, 5) is 4.70. The van der Waals surface area contributed by atoms with Crippen molar-refractivity contribution in [3.05, 3.63) is 71.7 Å². The topological polar surface area (TPSA) is 25.4 Å². The van der Waals surface area contributed by atoms with Gasteiger partial charge in [-0.3, -0.25) is 4.90 Å². The van der Waals surface area contributed by atoms with Gasteiger partial charge in [0.15, 0.2) is 0 Å². The number of alkyl halides is 6. The van der Waals surface area contributed by atoms with Gasteiger partial charge in [0.2, 0.25) is 5.95 Å². The number of ether oxygens (including phenoxy) is 1. The van der Waals surface area contributed by atoms with E-state index in [9.17, 15) is 30.7 Å². The van der Waals surface area contributed by atoms with Crippen molar-refractivity contribution in [3.8, 4) is 5.75 Å². The zero-order valence-electron chi connectivity index (χ0n) is 17.1. The number of fused-ring (bicyclic) bond motifs is 1. The zero-order chi connectivity index (χ0) is 23.8. The molecule has 176 valence electrons. The molecule has 1 saturated heterocycles. The van der Waals surface area contributed by atoms with E-state index < -0.39 is 41.5 Å². The first-order valence-corrected chi connectivity index (χ1v) is 10.2. The Morgan fingerprint density at radius 3 is 2.18 bits per heavy atom. The predicted molar refractivity (Wildman–Crippen MR) is 107 cm³/mol. The molecule has 33 heavy (non-hydrogen) atoms. The van der Waals surface area contributed by atoms with E-state index in [0.717, 1.165) is 12.1 Å². The lowest BCUT2D eigenvalue weighted by molar-refractivity contribution is -0.190. The summed E-state index contributed by atoms with van der Waals surface area (Å²) in [6, 6.07) is 10.0. The monoisotopic (exact) mass is 472 g/mol. The van der Waals surface area contributed by atoms with Gasteiger partial charge in [-0.05, 0) is 30.5 Å². The van der Waals surface area contributed by atoms with Crippen LogP contribution in [0.25, 0.3) is 10.9 Å². The number of hydrogen-bond acceptors (Lipinski definition) is 3. The standard InChI is InChI=1S/C23H19F7N2O/c24-19-13-18(16-7-4-8-17(20(16)31-19)22(25,26)27)33-15-9-11-32(12-10-15)21(23(28,29)30)14-5-2-1-3-6-14/h1-8,13,15,21H,9-12H2. The van der Waals surface area contributed by atoms with E-state index in [2.05, 4.69) is 4.98 Å². The van der Waals surface area contributed by atoms with Crippen molar-refractivity contribution in [2.75, 3.05) is 13.1 Å². The molecule has 2 heterocycles. The number of piperidine rings is 1. The Bertz CT molecular complexity index is 1110. The lowest BCUT2D eigenvalue weighted by Gasteiger charge is -2.38. The van der Waals surface area contributed by atoms with E-state index >= 15 is 0 Å². The van der Waals surface area contributed by atoms with Gasteiger partial charge in [-0.2, -0.15) is 30.7 Å². The molecule has 3 nitrogen and oxygen atoms in total. The molecule has 0 radical (unpaired) electrons. The first-order chi connectivity index (χ1) is 15.5. The summed E-state index contributed by atoms with van der Waals surface area (Å²) in [6.45, 7) is 0.117. The molecule has 0 N–H and O–H groups in total. The van der Waals surface area contributed by atoms with Crippen molar-refractivity contribution in [3.63, 3.8) is 0 Å². The van der Waals surface area contributed by atoms with Gasteiger partial charge in [0.25, 0.3) is 0 Å². The summed E-state index contributed by atoms with van der Waals surface area (Å²) >= 11 is 0. The molecule has 0 aliphatic carbocycles. The second kappa shape index (κ2) is 8.81. The molecule has 1 aromatic heterocycles. The van der Waals surface area contributed by atoms with E-state index in [-0.39, 0.29) is 42.6 Å². The van der Waals surface area contributed by atoms with Crippen LogP contribution in [0.2, 0.25) is 0 Å². The maximum atomic E-state index is 14.0. The van der Waals surface area contributed by atoms with Crippen molar-refractivity contribution in [2.45, 2.75) is 37.3 Å². The van der Waals surface area contributed by atoms with Gasteiger partial charge >= 0.3 is 12.4 Å². The minimum Gasteiger partial charge on any atom is -0.489 e. The molecule has 0 bridgehead atoms. The van der Waals surface area contributed by atoms with E-state index in [1.54, 1.807) is 18.2 Å². The average molecular weight is 472 g/mol. The highest BCUT2D eigenvalue weighted by Gasteiger charge is 2.45. The highest BCUT2D eigenvalue weighted by atomic mass is 19.4. The zero-order valence-corrected chi connectivity index (χ0v) is 17.1. The number of pyridine rings is 1. The fraction of sp³-hybridized carbons (Fsp3) is 0.348. The normalized spacial score (nSPS) is 17.3. The Labute approximate surface area is 184 Å². The van der Waals surface area contributed by atoms with Crippen LogP contribution in [0, 0.1) is 5.95 Å². The summed E-state index contributed by atoms with van der Waals surface area (Å²) in [7, 11) is 0. The third-order valence-corrected chi connectivity index (χ3v) is 5.64. The third kappa shape index (κ3) is 5.05. The van der Waals surface area contributed by atoms with Gasteiger partial charge in [0, 0.05) is 24.5 Å². The van der Waals surface area contributed by atoms with Crippen LogP contribution in [-0.4, -0.2) is 35.3 Å². The number of likely N-dealkylation sites (tertiary alicyclic amines) is 1. The van der Waals surface area contributed by atoms with Crippen LogP contribution in [0.5, 0.6) is 5.75 Å². The summed E-state index contributed by atoms with van der Waals surface area (Å²) < 4.78 is 101. The largest absolute Gasteiger partial charge is 0.489 e. The molecule has 0 amide bonds. The van der Waals surface area contributed by atoms with Crippen molar-refractivity contribution in [2.24, 2.45) is 0 Å². The first-order valence-electron chi connectivity index (χ1n) is 10.2. The van der Waals surface area contributed by atoms with Gasteiger partial charge in [-0.25, -0.2) is 4.98 Å². The smallest absolute Gasteiger partial charge is 0.418 e. The predicted octanol–water partition coefficient (Wildman–Crippen LogP) is 6.54. The van der Waals surface area contributed by atoms with Crippen LogP contribution in [0.4, 0.5) is 30.7 Å². The SMILES string of the molecule is Fc1cc(OC2CCN(C(c3ccccc3)C(F)(F)F)CC2)c2cccc(C(F)(F)F)c2n1. The highest BCUT2D eigenvalue weighted by Crippen LogP contribution is 2.40. The molecule has 3 aromatic rings. The van der Waals surface area contributed by atoms with E-state index in [1.807, 2.05) is 0 Å². The summed E-state index contributed by atoms with van der Waals surface area (Å²) in [6.07, 6.45) is -9.39. The van der Waals surface area contributed by atoms with Crippen LogP contribution in [0.3, 0.4) is 0 Å². The molecule has 2 aromatic carbocycles. The number of nitrogens with zero attached hydrogens (tertiary/aromatic N) is 2. The number of rotatable bonds is 4. The van der Waals surface area contributed by atoms with Crippen LogP contribution in [0.15, 0.2) is 54.6 Å². The fourth-order valence-corrected chi connectivity index (χ4v) is 4.19. The van der Waals surface area contributed by atoms with Crippen LogP contribution >= 0.6 is 0 Å². The second-order valence-corrected chi connectivity index (χ2v) is 7.85. The Morgan fingerprint density at radius 2 is 1.58 bits per heavy atom. The Kier molecular flexibility index (Phi) is 6.22. The Balaban J connectivity index is 1.54. The highest BCUT2D eigenvalue weighted by molar-refractivity contribution is 5.87. The van der Waals surface area contributed by atoms with Gasteiger partial charge in [0.05, 0.1) is 11.1 Å². The first kappa shape index (κ1) is 23.3. The fourth-order valence-electron chi connectivity index (χ4n) is 4.19. The van der Waals surface area contributed by atoms with E-state index in [0.29, 0.717) is 0 Å². The molecule has 1 atom stereocenters. The number of aromatic nitrogens is 1. The molecule has 0 saturated carbocycles. The second-order valence-electron chi connectivity index (χ2n) is 7.85. The molecule has 1 aliphatic heterocycles. The maximum absolute atomic E-state index is 14.0. The summed E-state index contributed by atoms with van der Waals surface area (Å²) in [5, 5.41) is -0.00823. The van der Waals surface area contributed by atoms with E-state index in [1.165, 1.54) is 29.2 Å². The van der Waals surface area contributed by atoms with Gasteiger partial charge in [-0.15, -0.1) is 0 Å². The molecular weight excluding hydrogens is 453 g/mol. The molecule has 4 rings (SSSR count). The Morgan fingerprint density at radius 1 is 0.909 bits per heavy atom. The van der Waals surface area contributed by atoms with Gasteiger partial charge in [0.1, 0.15) is 17.9 Å². The van der Waals surface area contributed by atoms with Gasteiger partial charge < -0.3 is 4.74 Å². The third-order valence-electron chi connectivity index (χ3n) is 5.64. The van der Waals surface area contributed by atoms with Crippen molar-refractivity contribution in [1.29, 1.82) is 0 Å². The van der Waals surface area contributed by atoms with Crippen molar-refractivity contribution >= 4 is 10.9 Å². The number of para-hydroxylation sites is 1. The van der Waals surface area contributed by atoms with Crippen LogP contribution in [-0.2, 0) is 6.18 Å². The molecule has 10 heteroatoms. The van der Waals surface area contributed by atoms with Crippen molar-refractivity contribution in [1.82, 2.24) is 9.88 Å². The maximum Gasteiger partial charge on any atom is 0.418 e. The molecular formula is C23H19F7N2O. The van der Waals surface area contributed by atoms with Crippen LogP contribution < -0.4 is 4.74 Å². The quantitative estimate of drug-likeness (QED) is 0.319. The average Bonchev–Trinajstić information content (AvgIpc) is 2.74. The minimum atomic E-state index is -4.73. The van der Waals surface area contributed by atoms with E-state index in [4.69, 9.17) is 4.74 Å². The van der Waals surface area contributed by atoms with Crippen LogP contribution in [0.1, 0.15) is 30.0 Å². The number of benzene rings is 2. The molecule has 1 fully saturated rings. The lowest BCUT2D eigenvalue weighted by Crippen LogP contribution is -2.45. The molecule has 0 spiro atoms. The number of hydrogen-bond donors (Lipinski definition) is 0. The lowest BCUT2D eigenvalue weighted by atomic mass is 10.00.